The summed E-state index contributed by atoms with van der Waals surface area (Å²) < 4.78 is 2.30. The number of aromatic nitrogens is 2. The zero-order valence-electron chi connectivity index (χ0n) is 20.2. The Morgan fingerprint density at radius 3 is 2.57 bits per heavy atom. The average molecular weight is 507 g/mol. The molecule has 0 atom stereocenters. The number of rotatable bonds is 5. The molecule has 0 radical (unpaired) electrons. The zero-order valence-corrected chi connectivity index (χ0v) is 21.8. The molecule has 5 nitrogen and oxygen atoms in total. The largest absolute Gasteiger partial charge is 0.346 e. The molecule has 3 heterocycles. The topological polar surface area (TPSA) is 61.0 Å². The van der Waals surface area contributed by atoms with Crippen molar-refractivity contribution in [2.45, 2.75) is 39.5 Å². The second-order valence-electron chi connectivity index (χ2n) is 8.45. The highest BCUT2D eigenvalue weighted by molar-refractivity contribution is 8.00. The van der Waals surface area contributed by atoms with Crippen molar-refractivity contribution in [2.75, 3.05) is 21.9 Å². The number of carbonyl (C=O) groups is 1. The second-order valence-corrected chi connectivity index (χ2v) is 9.96. The molecule has 2 N–H and O–H groups in total. The Balaban J connectivity index is 0.000000672. The first kappa shape index (κ1) is 25.1. The highest BCUT2D eigenvalue weighted by Crippen LogP contribution is 2.31. The van der Waals surface area contributed by atoms with Gasteiger partial charge in [-0.1, -0.05) is 38.3 Å². The van der Waals surface area contributed by atoms with E-state index in [2.05, 4.69) is 33.4 Å². The van der Waals surface area contributed by atoms with Crippen LogP contribution in [-0.2, 0) is 0 Å². The lowest BCUT2D eigenvalue weighted by Crippen LogP contribution is -2.21. The molecule has 0 aliphatic carbocycles. The molecule has 0 saturated carbocycles. The quantitative estimate of drug-likeness (QED) is 0.268. The van der Waals surface area contributed by atoms with Crippen molar-refractivity contribution < 1.29 is 4.79 Å². The standard InChI is InChI=1S/C24H21ClN4OS.C4H10/c25-21-9-6-18(15-20(21)22-10-5-16-11-12-26-23(16)28-22)27-24(30)17-3-7-19(8-4-17)29-13-1-2-14-31-29;1-3-4-2/h3-12,15H,1-2,13-14H2,(H,26,28)(H,27,30);3-4H2,1-2H3. The van der Waals surface area contributed by atoms with Crippen LogP contribution in [0.1, 0.15) is 49.9 Å². The number of unbranched alkanes of at least 4 members (excludes halogenated alkanes) is 1. The first-order valence-electron chi connectivity index (χ1n) is 12.1. The van der Waals surface area contributed by atoms with Crippen LogP contribution in [0.3, 0.4) is 0 Å². The number of pyridine rings is 1. The fourth-order valence-electron chi connectivity index (χ4n) is 3.66. The average Bonchev–Trinajstić information content (AvgIpc) is 3.38. The predicted molar refractivity (Wildman–Crippen MR) is 151 cm³/mol. The van der Waals surface area contributed by atoms with Crippen LogP contribution in [0.15, 0.2) is 66.9 Å². The SMILES string of the molecule is CCCC.O=C(Nc1ccc(Cl)c(-c2ccc3cc[nH]c3n2)c1)c1ccc(N2CCCCS2)cc1. The summed E-state index contributed by atoms with van der Waals surface area (Å²) in [6.07, 6.45) is 6.97. The van der Waals surface area contributed by atoms with E-state index in [-0.39, 0.29) is 5.91 Å². The molecule has 0 unspecified atom stereocenters. The van der Waals surface area contributed by atoms with Crippen LogP contribution in [0, 0.1) is 0 Å². The Hall–Kier alpha value is -2.96. The van der Waals surface area contributed by atoms with Gasteiger partial charge in [-0.2, -0.15) is 0 Å². The third-order valence-corrected chi connectivity index (χ3v) is 7.34. The number of amides is 1. The van der Waals surface area contributed by atoms with E-state index < -0.39 is 0 Å². The van der Waals surface area contributed by atoms with Gasteiger partial charge < -0.3 is 14.6 Å². The number of nitrogens with zero attached hydrogens (tertiary/aromatic N) is 2. The summed E-state index contributed by atoms with van der Waals surface area (Å²) in [4.78, 5) is 20.5. The summed E-state index contributed by atoms with van der Waals surface area (Å²) in [6, 6.07) is 19.1. The van der Waals surface area contributed by atoms with Gasteiger partial charge in [-0.25, -0.2) is 4.98 Å². The van der Waals surface area contributed by atoms with Crippen molar-refractivity contribution in [1.82, 2.24) is 9.97 Å². The molecule has 2 aromatic heterocycles. The van der Waals surface area contributed by atoms with Crippen LogP contribution in [0.25, 0.3) is 22.3 Å². The first-order valence-corrected chi connectivity index (χ1v) is 13.5. The smallest absolute Gasteiger partial charge is 0.255 e. The van der Waals surface area contributed by atoms with Crippen LogP contribution in [0.4, 0.5) is 11.4 Å². The molecule has 1 fully saturated rings. The van der Waals surface area contributed by atoms with Crippen molar-refractivity contribution in [3.63, 3.8) is 0 Å². The monoisotopic (exact) mass is 506 g/mol. The number of halogens is 1. The van der Waals surface area contributed by atoms with E-state index in [1.54, 1.807) is 12.1 Å². The number of hydrogen-bond donors (Lipinski definition) is 2. The summed E-state index contributed by atoms with van der Waals surface area (Å²) in [6.45, 7) is 5.41. The van der Waals surface area contributed by atoms with E-state index in [0.29, 0.717) is 16.3 Å². The summed E-state index contributed by atoms with van der Waals surface area (Å²) in [5.74, 6) is 0.992. The maximum Gasteiger partial charge on any atom is 0.255 e. The Morgan fingerprint density at radius 1 is 1.06 bits per heavy atom. The second kappa shape index (κ2) is 12.1. The molecule has 1 saturated heterocycles. The normalized spacial score (nSPS) is 13.3. The Kier molecular flexibility index (Phi) is 8.72. The molecule has 2 aromatic carbocycles. The maximum absolute atomic E-state index is 12.8. The van der Waals surface area contributed by atoms with E-state index in [9.17, 15) is 4.79 Å². The maximum atomic E-state index is 12.8. The Bertz CT molecular complexity index is 1260. The van der Waals surface area contributed by atoms with Crippen molar-refractivity contribution >= 4 is 51.9 Å². The van der Waals surface area contributed by atoms with Crippen LogP contribution in [0.5, 0.6) is 0 Å². The van der Waals surface area contributed by atoms with Gasteiger partial charge in [-0.3, -0.25) is 4.79 Å². The van der Waals surface area contributed by atoms with Gasteiger partial charge in [0.2, 0.25) is 0 Å². The number of hydrogen-bond acceptors (Lipinski definition) is 4. The van der Waals surface area contributed by atoms with Gasteiger partial charge in [0.25, 0.3) is 5.91 Å². The van der Waals surface area contributed by atoms with Crippen LogP contribution in [-0.4, -0.2) is 28.2 Å². The van der Waals surface area contributed by atoms with Gasteiger partial charge in [-0.15, -0.1) is 0 Å². The summed E-state index contributed by atoms with van der Waals surface area (Å²) in [5.41, 5.74) is 4.75. The molecule has 5 rings (SSSR count). The number of fused-ring (bicyclic) bond motifs is 1. The molecule has 35 heavy (non-hydrogen) atoms. The van der Waals surface area contributed by atoms with E-state index in [1.165, 1.54) is 25.7 Å². The third-order valence-electron chi connectivity index (χ3n) is 5.83. The molecular weight excluding hydrogens is 476 g/mol. The minimum absolute atomic E-state index is 0.154. The van der Waals surface area contributed by atoms with Gasteiger partial charge in [0.1, 0.15) is 5.65 Å². The number of carbonyl (C=O) groups excluding carboxylic acids is 1. The lowest BCUT2D eigenvalue weighted by atomic mass is 10.1. The zero-order chi connectivity index (χ0) is 24.6. The fourth-order valence-corrected chi connectivity index (χ4v) is 4.96. The van der Waals surface area contributed by atoms with Crippen molar-refractivity contribution in [2.24, 2.45) is 0 Å². The van der Waals surface area contributed by atoms with Gasteiger partial charge in [0.05, 0.1) is 10.7 Å². The summed E-state index contributed by atoms with van der Waals surface area (Å²) in [7, 11) is 0. The van der Waals surface area contributed by atoms with Crippen molar-refractivity contribution in [3.05, 3.63) is 77.4 Å². The molecule has 1 amide bonds. The third kappa shape index (κ3) is 6.38. The number of benzene rings is 2. The van der Waals surface area contributed by atoms with Gasteiger partial charge in [-0.05, 0) is 85.5 Å². The molecule has 1 aliphatic rings. The number of H-pyrrole nitrogens is 1. The summed E-state index contributed by atoms with van der Waals surface area (Å²) in [5, 5.41) is 4.60. The van der Waals surface area contributed by atoms with Crippen LogP contribution in [0.2, 0.25) is 5.02 Å². The lowest BCUT2D eigenvalue weighted by Gasteiger charge is -2.27. The number of aromatic amines is 1. The summed E-state index contributed by atoms with van der Waals surface area (Å²) >= 11 is 8.28. The predicted octanol–water partition coefficient (Wildman–Crippen LogP) is 8.19. The fraction of sp³-hybridized carbons (Fsp3) is 0.286. The Morgan fingerprint density at radius 2 is 1.86 bits per heavy atom. The molecule has 0 bridgehead atoms. The van der Waals surface area contributed by atoms with Crippen molar-refractivity contribution in [3.8, 4) is 11.3 Å². The highest BCUT2D eigenvalue weighted by atomic mass is 35.5. The molecule has 182 valence electrons. The Labute approximate surface area is 216 Å². The minimum atomic E-state index is -0.154. The molecule has 4 aromatic rings. The number of nitrogens with one attached hydrogen (secondary N) is 2. The number of anilines is 2. The molecular formula is C28H31ClN4OS. The molecule has 0 spiro atoms. The minimum Gasteiger partial charge on any atom is -0.346 e. The van der Waals surface area contributed by atoms with E-state index >= 15 is 0 Å². The van der Waals surface area contributed by atoms with E-state index in [1.807, 2.05) is 66.7 Å². The first-order chi connectivity index (χ1) is 17.1. The van der Waals surface area contributed by atoms with Crippen LogP contribution < -0.4 is 9.62 Å². The van der Waals surface area contributed by atoms with E-state index in [4.69, 9.17) is 11.6 Å². The molecule has 1 aliphatic heterocycles. The van der Waals surface area contributed by atoms with Gasteiger partial charge in [0.15, 0.2) is 0 Å². The van der Waals surface area contributed by atoms with E-state index in [0.717, 1.165) is 40.3 Å². The van der Waals surface area contributed by atoms with Crippen molar-refractivity contribution in [1.29, 1.82) is 0 Å². The van der Waals surface area contributed by atoms with Crippen LogP contribution >= 0.6 is 23.5 Å². The lowest BCUT2D eigenvalue weighted by molar-refractivity contribution is 0.102. The molecule has 7 heteroatoms. The van der Waals surface area contributed by atoms with Gasteiger partial charge in [0, 0.05) is 46.4 Å². The highest BCUT2D eigenvalue weighted by Gasteiger charge is 2.14. The van der Waals surface area contributed by atoms with Gasteiger partial charge >= 0.3 is 0 Å².